The molecule has 0 aliphatic heterocycles. The van der Waals surface area contributed by atoms with Crippen LogP contribution in [0.1, 0.15) is 5.56 Å². The number of hydrogen-bond donors (Lipinski definition) is 0. The van der Waals surface area contributed by atoms with E-state index >= 15 is 0 Å². The average Bonchev–Trinajstić information content (AvgIpc) is 3.03. The predicted octanol–water partition coefficient (Wildman–Crippen LogP) is 8.78. The van der Waals surface area contributed by atoms with Crippen LogP contribution in [0.2, 0.25) is 25.1 Å². The molecule has 0 fully saturated rings. The molecule has 0 aliphatic rings. The van der Waals surface area contributed by atoms with Crippen molar-refractivity contribution in [3.05, 3.63) is 91.3 Å². The molecule has 3 aromatic carbocycles. The van der Waals surface area contributed by atoms with Crippen molar-refractivity contribution in [2.24, 2.45) is 0 Å². The summed E-state index contributed by atoms with van der Waals surface area (Å²) in [5.74, 6) is 0. The zero-order valence-corrected chi connectivity index (χ0v) is 18.8. The van der Waals surface area contributed by atoms with Gasteiger partial charge in [-0.15, -0.1) is 0 Å². The van der Waals surface area contributed by atoms with E-state index < -0.39 is 0 Å². The highest BCUT2D eigenvalue weighted by molar-refractivity contribution is 6.43. The Morgan fingerprint density at radius 2 is 1.31 bits per heavy atom. The fraction of sp³-hybridized carbons (Fsp3) is 0.0455. The summed E-state index contributed by atoms with van der Waals surface area (Å²) >= 11 is 31.5. The Hall–Kier alpha value is -1.68. The highest BCUT2D eigenvalue weighted by Gasteiger charge is 2.21. The second-order valence-electron chi connectivity index (χ2n) is 6.52. The molecule has 0 saturated heterocycles. The minimum Gasteiger partial charge on any atom is -0.231 e. The van der Waals surface area contributed by atoms with Crippen molar-refractivity contribution < 1.29 is 0 Å². The van der Waals surface area contributed by atoms with E-state index in [0.29, 0.717) is 36.5 Å². The third kappa shape index (κ3) is 4.01. The number of aromatic nitrogens is 2. The quantitative estimate of drug-likeness (QED) is 0.285. The van der Waals surface area contributed by atoms with Crippen molar-refractivity contribution >= 4 is 58.0 Å². The first-order chi connectivity index (χ1) is 13.8. The fourth-order valence-corrected chi connectivity index (χ4v) is 4.00. The number of halogens is 5. The molecule has 7 heteroatoms. The normalized spacial score (nSPS) is 11.1. The monoisotopic (exact) mass is 480 g/mol. The summed E-state index contributed by atoms with van der Waals surface area (Å²) in [6.07, 6.45) is 0. The van der Waals surface area contributed by atoms with Gasteiger partial charge in [-0.25, -0.2) is 4.68 Å². The molecule has 2 nitrogen and oxygen atoms in total. The summed E-state index contributed by atoms with van der Waals surface area (Å²) < 4.78 is 1.80. The smallest absolute Gasteiger partial charge is 0.112 e. The van der Waals surface area contributed by atoms with Crippen LogP contribution in [0.5, 0.6) is 0 Å². The van der Waals surface area contributed by atoms with Gasteiger partial charge in [-0.05, 0) is 48.9 Å². The molecule has 0 unspecified atom stereocenters. The van der Waals surface area contributed by atoms with Crippen molar-refractivity contribution in [3.63, 3.8) is 0 Å². The number of rotatable bonds is 3. The maximum absolute atomic E-state index is 6.84. The zero-order valence-electron chi connectivity index (χ0n) is 15.1. The Kier molecular flexibility index (Phi) is 5.83. The lowest BCUT2D eigenvalue weighted by Crippen LogP contribution is -1.99. The Balaban J connectivity index is 2.00. The summed E-state index contributed by atoms with van der Waals surface area (Å²) in [4.78, 5) is 0. The SMILES string of the molecule is Cc1cccc(-n2nc(-c3ccc(Cl)c(Cl)c3)c(Cl)c2-c2ccc(Cl)c(Cl)c2)c1. The molecule has 0 saturated carbocycles. The molecule has 0 atom stereocenters. The first-order valence-corrected chi connectivity index (χ1v) is 10.5. The lowest BCUT2D eigenvalue weighted by atomic mass is 10.1. The molecule has 0 amide bonds. The van der Waals surface area contributed by atoms with E-state index in [9.17, 15) is 0 Å². The molecule has 0 radical (unpaired) electrons. The molecule has 1 aromatic heterocycles. The summed E-state index contributed by atoms with van der Waals surface area (Å²) in [5, 5.41) is 7.08. The molecule has 1 heterocycles. The van der Waals surface area contributed by atoms with Crippen molar-refractivity contribution in [1.29, 1.82) is 0 Å². The van der Waals surface area contributed by atoms with Gasteiger partial charge in [0.25, 0.3) is 0 Å². The van der Waals surface area contributed by atoms with Crippen LogP contribution < -0.4 is 0 Å². The zero-order chi connectivity index (χ0) is 20.7. The predicted molar refractivity (Wildman–Crippen MR) is 124 cm³/mol. The average molecular weight is 483 g/mol. The van der Waals surface area contributed by atoms with Crippen LogP contribution in [0.4, 0.5) is 0 Å². The fourth-order valence-electron chi connectivity index (χ4n) is 3.07. The molecule has 4 rings (SSSR count). The van der Waals surface area contributed by atoms with Gasteiger partial charge in [-0.3, -0.25) is 0 Å². The van der Waals surface area contributed by atoms with Crippen LogP contribution in [0.25, 0.3) is 28.2 Å². The molecule has 0 N–H and O–H groups in total. The van der Waals surface area contributed by atoms with Crippen LogP contribution in [0.15, 0.2) is 60.7 Å². The number of nitrogens with zero attached hydrogens (tertiary/aromatic N) is 2. The maximum Gasteiger partial charge on any atom is 0.112 e. The van der Waals surface area contributed by atoms with E-state index in [1.54, 1.807) is 28.9 Å². The van der Waals surface area contributed by atoms with E-state index in [-0.39, 0.29) is 0 Å². The number of benzene rings is 3. The van der Waals surface area contributed by atoms with E-state index in [2.05, 4.69) is 0 Å². The van der Waals surface area contributed by atoms with Gasteiger partial charge < -0.3 is 0 Å². The molecule has 146 valence electrons. The van der Waals surface area contributed by atoms with Crippen LogP contribution in [-0.4, -0.2) is 9.78 Å². The summed E-state index contributed by atoms with van der Waals surface area (Å²) in [6.45, 7) is 2.02. The van der Waals surface area contributed by atoms with Gasteiger partial charge in [0.05, 0.1) is 36.5 Å². The van der Waals surface area contributed by atoms with Crippen molar-refractivity contribution in [3.8, 4) is 28.2 Å². The molecular formula is C22H13Cl5N2. The van der Waals surface area contributed by atoms with Crippen LogP contribution >= 0.6 is 58.0 Å². The Morgan fingerprint density at radius 3 is 1.93 bits per heavy atom. The first-order valence-electron chi connectivity index (χ1n) is 8.61. The topological polar surface area (TPSA) is 17.8 Å². The summed E-state index contributed by atoms with van der Waals surface area (Å²) in [5.41, 5.74) is 4.83. The summed E-state index contributed by atoms with van der Waals surface area (Å²) in [6, 6.07) is 18.7. The lowest BCUT2D eigenvalue weighted by molar-refractivity contribution is 0.890. The van der Waals surface area contributed by atoms with Crippen LogP contribution in [-0.2, 0) is 0 Å². The van der Waals surface area contributed by atoms with Crippen LogP contribution in [0, 0.1) is 6.92 Å². The molecule has 0 bridgehead atoms. The van der Waals surface area contributed by atoms with E-state index in [0.717, 1.165) is 22.4 Å². The van der Waals surface area contributed by atoms with Crippen molar-refractivity contribution in [2.75, 3.05) is 0 Å². The Bertz CT molecular complexity index is 1230. The first kappa shape index (κ1) is 20.6. The van der Waals surface area contributed by atoms with Gasteiger partial charge in [0.15, 0.2) is 0 Å². The molecule has 29 heavy (non-hydrogen) atoms. The highest BCUT2D eigenvalue weighted by atomic mass is 35.5. The Morgan fingerprint density at radius 1 is 0.690 bits per heavy atom. The Labute approximate surface area is 193 Å². The van der Waals surface area contributed by atoms with Gasteiger partial charge in [0.1, 0.15) is 5.69 Å². The van der Waals surface area contributed by atoms with E-state index in [4.69, 9.17) is 63.1 Å². The van der Waals surface area contributed by atoms with E-state index in [1.165, 1.54) is 0 Å². The maximum atomic E-state index is 6.84. The van der Waals surface area contributed by atoms with Gasteiger partial charge in [-0.2, -0.15) is 5.10 Å². The van der Waals surface area contributed by atoms with Crippen LogP contribution in [0.3, 0.4) is 0 Å². The highest BCUT2D eigenvalue weighted by Crippen LogP contribution is 2.40. The standard InChI is InChI=1S/C22H13Cl5N2/c1-12-3-2-4-15(9-12)29-22(14-6-8-17(24)19(26)11-14)20(27)21(28-29)13-5-7-16(23)18(25)10-13/h2-11H,1H3. The van der Waals surface area contributed by atoms with Gasteiger partial charge >= 0.3 is 0 Å². The molecule has 0 aliphatic carbocycles. The van der Waals surface area contributed by atoms with Crippen molar-refractivity contribution in [2.45, 2.75) is 6.92 Å². The summed E-state index contributed by atoms with van der Waals surface area (Å²) in [7, 11) is 0. The minimum absolute atomic E-state index is 0.432. The third-order valence-corrected chi connectivity index (χ3v) is 6.30. The minimum atomic E-state index is 0.432. The molecule has 4 aromatic rings. The molecular weight excluding hydrogens is 470 g/mol. The van der Waals surface area contributed by atoms with Gasteiger partial charge in [0.2, 0.25) is 0 Å². The largest absolute Gasteiger partial charge is 0.231 e. The lowest BCUT2D eigenvalue weighted by Gasteiger charge is -2.09. The van der Waals surface area contributed by atoms with Gasteiger partial charge in [-0.1, -0.05) is 82.3 Å². The number of aryl methyl sites for hydroxylation is 1. The second kappa shape index (κ2) is 8.22. The third-order valence-electron chi connectivity index (χ3n) is 4.46. The van der Waals surface area contributed by atoms with Crippen molar-refractivity contribution in [1.82, 2.24) is 9.78 Å². The molecule has 0 spiro atoms. The number of hydrogen-bond acceptors (Lipinski definition) is 1. The van der Waals surface area contributed by atoms with E-state index in [1.807, 2.05) is 43.3 Å². The second-order valence-corrected chi connectivity index (χ2v) is 8.53. The van der Waals surface area contributed by atoms with Gasteiger partial charge in [0, 0.05) is 11.1 Å².